The number of carbonyl (C=O) groups is 1. The molecule has 2 aromatic rings. The Balaban J connectivity index is 2.18. The van der Waals surface area contributed by atoms with E-state index in [1.165, 1.54) is 21.0 Å². The molecule has 0 aliphatic heterocycles. The lowest BCUT2D eigenvalue weighted by Gasteiger charge is -2.31. The smallest absolute Gasteiger partial charge is 0.344 e. The molecule has 0 spiro atoms. The van der Waals surface area contributed by atoms with Crippen LogP contribution >= 0.6 is 7.60 Å². The molecule has 0 aliphatic rings. The van der Waals surface area contributed by atoms with Gasteiger partial charge in [-0.2, -0.15) is 0 Å². The molecule has 2 rings (SSSR count). The zero-order valence-electron chi connectivity index (χ0n) is 15.0. The molecule has 0 unspecified atom stereocenters. The number of carbonyl (C=O) groups excluding carboxylic acids is 1. The summed E-state index contributed by atoms with van der Waals surface area (Å²) in [4.78, 5) is 31.0. The van der Waals surface area contributed by atoms with Crippen LogP contribution in [0.25, 0.3) is 11.1 Å². The van der Waals surface area contributed by atoms with E-state index in [4.69, 9.17) is 4.74 Å². The molecule has 7 heteroatoms. The highest BCUT2D eigenvalue weighted by Crippen LogP contribution is 2.48. The molecule has 6 nitrogen and oxygen atoms in total. The van der Waals surface area contributed by atoms with Gasteiger partial charge in [-0.1, -0.05) is 54.6 Å². The van der Waals surface area contributed by atoms with E-state index in [0.29, 0.717) is 0 Å². The van der Waals surface area contributed by atoms with E-state index >= 15 is 0 Å². The minimum absolute atomic E-state index is 0.255. The fraction of sp³-hybridized carbons (Fsp3) is 0.316. The van der Waals surface area contributed by atoms with Gasteiger partial charge in [-0.25, -0.2) is 0 Å². The monoisotopic (exact) mass is 377 g/mol. The Kier molecular flexibility index (Phi) is 6.37. The molecule has 0 saturated carbocycles. The van der Waals surface area contributed by atoms with Crippen molar-refractivity contribution in [3.63, 3.8) is 0 Å². The van der Waals surface area contributed by atoms with E-state index in [1.807, 2.05) is 54.6 Å². The molecule has 0 radical (unpaired) electrons. The third-order valence-corrected chi connectivity index (χ3v) is 5.83. The maximum atomic E-state index is 12.1. The van der Waals surface area contributed by atoms with Crippen LogP contribution in [0.4, 0.5) is 0 Å². The number of methoxy groups -OCH3 is 1. The van der Waals surface area contributed by atoms with Crippen LogP contribution in [0.15, 0.2) is 54.6 Å². The zero-order chi connectivity index (χ0) is 19.4. The standard InChI is InChI=1S/C19H24NO5P/c1-19(2,26(22,23)24)20-17(18(21)25-3)13-14-9-11-16(12-10-14)15-7-5-4-6-8-15/h4-12,17,20H,13H2,1-3H3,(H2,22,23,24)/t17-/m0/s1. The van der Waals surface area contributed by atoms with Crippen LogP contribution in [0.3, 0.4) is 0 Å². The van der Waals surface area contributed by atoms with Crippen LogP contribution < -0.4 is 5.32 Å². The summed E-state index contributed by atoms with van der Waals surface area (Å²) >= 11 is 0. The van der Waals surface area contributed by atoms with Crippen molar-refractivity contribution in [2.45, 2.75) is 31.6 Å². The van der Waals surface area contributed by atoms with Crippen LogP contribution in [-0.4, -0.2) is 34.2 Å². The average Bonchev–Trinajstić information content (AvgIpc) is 2.60. The Morgan fingerprint density at radius 3 is 2.12 bits per heavy atom. The second kappa shape index (κ2) is 8.14. The van der Waals surface area contributed by atoms with E-state index < -0.39 is 24.9 Å². The Morgan fingerprint density at radius 1 is 1.08 bits per heavy atom. The Hall–Kier alpha value is -1.98. The highest BCUT2D eigenvalue weighted by atomic mass is 31.2. The third kappa shape index (κ3) is 5.02. The molecule has 140 valence electrons. The van der Waals surface area contributed by atoms with E-state index in [2.05, 4.69) is 5.32 Å². The van der Waals surface area contributed by atoms with Gasteiger partial charge in [-0.05, 0) is 37.0 Å². The first-order valence-electron chi connectivity index (χ1n) is 8.19. The number of ether oxygens (including phenoxy) is 1. The second-order valence-corrected chi connectivity index (χ2v) is 8.80. The first-order chi connectivity index (χ1) is 12.1. The molecular weight excluding hydrogens is 353 g/mol. The lowest BCUT2D eigenvalue weighted by molar-refractivity contribution is -0.143. The van der Waals surface area contributed by atoms with Crippen molar-refractivity contribution < 1.29 is 23.9 Å². The maximum Gasteiger partial charge on any atom is 0.344 e. The van der Waals surface area contributed by atoms with Gasteiger partial charge in [0.15, 0.2) is 0 Å². The number of nitrogens with one attached hydrogen (secondary N) is 1. The van der Waals surface area contributed by atoms with Gasteiger partial charge in [0.25, 0.3) is 0 Å². The summed E-state index contributed by atoms with van der Waals surface area (Å²) in [5.74, 6) is -0.571. The first-order valence-corrected chi connectivity index (χ1v) is 9.81. The van der Waals surface area contributed by atoms with Gasteiger partial charge in [0.05, 0.1) is 7.11 Å². The minimum atomic E-state index is -4.44. The summed E-state index contributed by atoms with van der Waals surface area (Å²) in [7, 11) is -3.19. The van der Waals surface area contributed by atoms with Gasteiger partial charge in [-0.3, -0.25) is 14.7 Å². The molecule has 1 atom stereocenters. The Labute approximate surface area is 153 Å². The van der Waals surface area contributed by atoms with Gasteiger partial charge < -0.3 is 14.5 Å². The highest BCUT2D eigenvalue weighted by molar-refractivity contribution is 7.53. The van der Waals surface area contributed by atoms with Crippen molar-refractivity contribution in [3.8, 4) is 11.1 Å². The molecule has 3 N–H and O–H groups in total. The minimum Gasteiger partial charge on any atom is -0.468 e. The molecule has 26 heavy (non-hydrogen) atoms. The molecule has 2 aromatic carbocycles. The largest absolute Gasteiger partial charge is 0.468 e. The van der Waals surface area contributed by atoms with Gasteiger partial charge >= 0.3 is 13.6 Å². The van der Waals surface area contributed by atoms with Crippen LogP contribution in [0.1, 0.15) is 19.4 Å². The van der Waals surface area contributed by atoms with Crippen molar-refractivity contribution in [2.75, 3.05) is 7.11 Å². The van der Waals surface area contributed by atoms with Crippen molar-refractivity contribution >= 4 is 13.6 Å². The second-order valence-electron chi connectivity index (χ2n) is 6.59. The average molecular weight is 377 g/mol. The predicted octanol–water partition coefficient (Wildman–Crippen LogP) is 2.94. The SMILES string of the molecule is COC(=O)[C@H](Cc1ccc(-c2ccccc2)cc1)NC(C)(C)P(=O)(O)O. The fourth-order valence-electron chi connectivity index (χ4n) is 2.55. The van der Waals surface area contributed by atoms with Crippen molar-refractivity contribution in [3.05, 3.63) is 60.2 Å². The molecule has 0 aromatic heterocycles. The number of hydrogen-bond donors (Lipinski definition) is 3. The van der Waals surface area contributed by atoms with Crippen LogP contribution in [-0.2, 0) is 20.5 Å². The van der Waals surface area contributed by atoms with Gasteiger partial charge in [0.2, 0.25) is 0 Å². The summed E-state index contributed by atoms with van der Waals surface area (Å²) in [6.07, 6.45) is 0.255. The van der Waals surface area contributed by atoms with Crippen molar-refractivity contribution in [1.82, 2.24) is 5.32 Å². The zero-order valence-corrected chi connectivity index (χ0v) is 15.9. The molecule has 0 amide bonds. The molecule has 0 aliphatic carbocycles. The number of rotatable bonds is 7. The van der Waals surface area contributed by atoms with E-state index in [-0.39, 0.29) is 6.42 Å². The number of hydrogen-bond acceptors (Lipinski definition) is 4. The lowest BCUT2D eigenvalue weighted by Crippen LogP contribution is -2.50. The topological polar surface area (TPSA) is 95.9 Å². The van der Waals surface area contributed by atoms with Crippen molar-refractivity contribution in [1.29, 1.82) is 0 Å². The van der Waals surface area contributed by atoms with Gasteiger partial charge in [0, 0.05) is 0 Å². The number of benzene rings is 2. The van der Waals surface area contributed by atoms with Gasteiger partial charge in [0.1, 0.15) is 11.3 Å². The fourth-order valence-corrected chi connectivity index (χ4v) is 2.87. The lowest BCUT2D eigenvalue weighted by atomic mass is 10.0. The summed E-state index contributed by atoms with van der Waals surface area (Å²) < 4.78 is 16.4. The quantitative estimate of drug-likeness (QED) is 0.507. The molecule has 0 heterocycles. The van der Waals surface area contributed by atoms with Crippen molar-refractivity contribution in [2.24, 2.45) is 0 Å². The first kappa shape index (κ1) is 20.3. The highest BCUT2D eigenvalue weighted by Gasteiger charge is 2.40. The van der Waals surface area contributed by atoms with Crippen LogP contribution in [0, 0.1) is 0 Å². The van der Waals surface area contributed by atoms with E-state index in [1.54, 1.807) is 0 Å². The normalized spacial score (nSPS) is 13.3. The van der Waals surface area contributed by atoms with E-state index in [0.717, 1.165) is 16.7 Å². The van der Waals surface area contributed by atoms with Crippen LogP contribution in [0.2, 0.25) is 0 Å². The summed E-state index contributed by atoms with van der Waals surface area (Å²) in [6, 6.07) is 16.7. The Bertz CT molecular complexity index is 783. The Morgan fingerprint density at radius 2 is 1.62 bits per heavy atom. The molecule has 0 bridgehead atoms. The summed E-state index contributed by atoms with van der Waals surface area (Å²) in [5, 5.41) is 1.20. The molecule has 0 fully saturated rings. The van der Waals surface area contributed by atoms with Gasteiger partial charge in [-0.15, -0.1) is 0 Å². The third-order valence-electron chi connectivity index (χ3n) is 4.24. The predicted molar refractivity (Wildman–Crippen MR) is 101 cm³/mol. The summed E-state index contributed by atoms with van der Waals surface area (Å²) in [6.45, 7) is 2.73. The number of esters is 1. The maximum absolute atomic E-state index is 12.1. The van der Waals surface area contributed by atoms with E-state index in [9.17, 15) is 19.1 Å². The van der Waals surface area contributed by atoms with Crippen LogP contribution in [0.5, 0.6) is 0 Å². The molecular formula is C19H24NO5P. The summed E-state index contributed by atoms with van der Waals surface area (Å²) in [5.41, 5.74) is 2.99. The molecule has 0 saturated heterocycles.